The van der Waals surface area contributed by atoms with Gasteiger partial charge in [0.15, 0.2) is 0 Å². The Balaban J connectivity index is 1.60. The highest BCUT2D eigenvalue weighted by atomic mass is 16.6. The van der Waals surface area contributed by atoms with E-state index in [4.69, 9.17) is 15.2 Å². The highest BCUT2D eigenvalue weighted by Crippen LogP contribution is 2.23. The number of primary amides is 1. The number of nitrogens with zero attached hydrogens (tertiary/aromatic N) is 2. The second-order valence-electron chi connectivity index (χ2n) is 10.2. The molecule has 1 aliphatic carbocycles. The van der Waals surface area contributed by atoms with Crippen LogP contribution in [0.4, 0.5) is 4.79 Å². The number of hydrogen-bond donors (Lipinski definition) is 4. The number of ether oxygens (including phenoxy) is 2. The van der Waals surface area contributed by atoms with Crippen molar-refractivity contribution in [2.75, 3.05) is 39.8 Å². The van der Waals surface area contributed by atoms with Gasteiger partial charge < -0.3 is 20.1 Å². The third-order valence-electron chi connectivity index (χ3n) is 6.58. The third-order valence-corrected chi connectivity index (χ3v) is 6.58. The molecule has 5 unspecified atom stereocenters. The SMILES string of the molecule is COC1CCCCC1NC1NC(N2CCCN(C(=O)OC(C)(C)C)CC2)NCC1C(N)=O. The van der Waals surface area contributed by atoms with E-state index >= 15 is 0 Å². The number of nitrogens with one attached hydrogen (secondary N) is 3. The fourth-order valence-corrected chi connectivity index (χ4v) is 4.87. The van der Waals surface area contributed by atoms with Gasteiger partial charge in [0.05, 0.1) is 18.2 Å². The Bertz CT molecular complexity index is 642. The zero-order valence-corrected chi connectivity index (χ0v) is 20.1. The van der Waals surface area contributed by atoms with Crippen LogP contribution < -0.4 is 21.7 Å². The Kier molecular flexibility index (Phi) is 8.74. The van der Waals surface area contributed by atoms with Crippen LogP contribution in [0.25, 0.3) is 0 Å². The van der Waals surface area contributed by atoms with E-state index in [1.807, 2.05) is 20.8 Å². The molecule has 32 heavy (non-hydrogen) atoms. The zero-order chi connectivity index (χ0) is 23.3. The van der Waals surface area contributed by atoms with E-state index < -0.39 is 5.60 Å². The van der Waals surface area contributed by atoms with Crippen LogP contribution in [0.15, 0.2) is 0 Å². The van der Waals surface area contributed by atoms with Gasteiger partial charge >= 0.3 is 6.09 Å². The van der Waals surface area contributed by atoms with Crippen molar-refractivity contribution in [3.05, 3.63) is 0 Å². The average molecular weight is 455 g/mol. The minimum absolute atomic E-state index is 0.105. The lowest BCUT2D eigenvalue weighted by Gasteiger charge is -2.44. The first-order chi connectivity index (χ1) is 15.2. The smallest absolute Gasteiger partial charge is 0.410 e. The maximum absolute atomic E-state index is 12.5. The van der Waals surface area contributed by atoms with Crippen molar-refractivity contribution in [2.24, 2.45) is 11.7 Å². The predicted molar refractivity (Wildman–Crippen MR) is 122 cm³/mol. The molecular formula is C22H42N6O4. The molecule has 3 rings (SSSR count). The van der Waals surface area contributed by atoms with Gasteiger partial charge in [0.2, 0.25) is 5.91 Å². The van der Waals surface area contributed by atoms with Crippen LogP contribution in [0.5, 0.6) is 0 Å². The predicted octanol–water partition coefficient (Wildman–Crippen LogP) is 0.380. The molecule has 2 amide bonds. The Morgan fingerprint density at radius 1 is 1.06 bits per heavy atom. The lowest BCUT2D eigenvalue weighted by Crippen LogP contribution is -2.72. The van der Waals surface area contributed by atoms with E-state index in [9.17, 15) is 9.59 Å². The minimum atomic E-state index is -0.503. The fourth-order valence-electron chi connectivity index (χ4n) is 4.87. The average Bonchev–Trinajstić information content (AvgIpc) is 2.99. The van der Waals surface area contributed by atoms with Crippen molar-refractivity contribution in [3.63, 3.8) is 0 Å². The minimum Gasteiger partial charge on any atom is -0.444 e. The molecule has 0 aromatic carbocycles. The number of nitrogens with two attached hydrogens (primary N) is 1. The standard InChI is InChI=1S/C22H42N6O4/c1-22(2,3)32-21(30)28-11-7-10-27(12-13-28)20-24-14-15(18(23)29)19(26-20)25-16-8-5-6-9-17(16)31-4/h15-17,19-20,24-26H,5-14H2,1-4H3,(H2,23,29). The van der Waals surface area contributed by atoms with Crippen LogP contribution in [-0.4, -0.2) is 91.8 Å². The summed E-state index contributed by atoms with van der Waals surface area (Å²) in [6.45, 7) is 8.96. The zero-order valence-electron chi connectivity index (χ0n) is 20.1. The summed E-state index contributed by atoms with van der Waals surface area (Å²) in [5.41, 5.74) is 5.22. The molecule has 3 aliphatic rings. The first kappa shape index (κ1) is 25.2. The van der Waals surface area contributed by atoms with Crippen LogP contribution in [0.1, 0.15) is 52.9 Å². The molecule has 0 aromatic rings. The van der Waals surface area contributed by atoms with E-state index in [1.165, 1.54) is 6.42 Å². The summed E-state index contributed by atoms with van der Waals surface area (Å²) in [7, 11) is 1.75. The summed E-state index contributed by atoms with van der Waals surface area (Å²) < 4.78 is 11.2. The third kappa shape index (κ3) is 6.77. The van der Waals surface area contributed by atoms with Gasteiger partial charge in [-0.25, -0.2) is 4.79 Å². The van der Waals surface area contributed by atoms with Crippen LogP contribution in [0, 0.1) is 5.92 Å². The Morgan fingerprint density at radius 2 is 1.81 bits per heavy atom. The van der Waals surface area contributed by atoms with Crippen molar-refractivity contribution >= 4 is 12.0 Å². The summed E-state index contributed by atoms with van der Waals surface area (Å²) in [4.78, 5) is 28.7. The second kappa shape index (κ2) is 11.1. The number of carbonyl (C=O) groups excluding carboxylic acids is 2. The summed E-state index contributed by atoms with van der Waals surface area (Å²) in [6, 6.07) is 0.193. The summed E-state index contributed by atoms with van der Waals surface area (Å²) in [5.74, 6) is -0.673. The summed E-state index contributed by atoms with van der Waals surface area (Å²) in [6.07, 6.45) is 4.76. The molecular weight excluding hydrogens is 412 g/mol. The lowest BCUT2D eigenvalue weighted by molar-refractivity contribution is -0.125. The monoisotopic (exact) mass is 454 g/mol. The number of rotatable bonds is 5. The molecule has 0 radical (unpaired) electrons. The maximum Gasteiger partial charge on any atom is 0.410 e. The van der Waals surface area contributed by atoms with Gasteiger partial charge in [0.25, 0.3) is 0 Å². The Morgan fingerprint density at radius 3 is 2.50 bits per heavy atom. The van der Waals surface area contributed by atoms with Crippen LogP contribution in [0.3, 0.4) is 0 Å². The van der Waals surface area contributed by atoms with Gasteiger partial charge in [-0.3, -0.25) is 25.6 Å². The Labute approximate surface area is 191 Å². The van der Waals surface area contributed by atoms with Gasteiger partial charge in [0.1, 0.15) is 11.9 Å². The summed E-state index contributed by atoms with van der Waals surface area (Å²) >= 11 is 0. The van der Waals surface area contributed by atoms with Crippen molar-refractivity contribution in [2.45, 2.75) is 83.1 Å². The van der Waals surface area contributed by atoms with E-state index in [0.29, 0.717) is 26.2 Å². The van der Waals surface area contributed by atoms with E-state index in [1.54, 1.807) is 12.0 Å². The van der Waals surface area contributed by atoms with Gasteiger partial charge in [-0.1, -0.05) is 12.8 Å². The first-order valence-corrected chi connectivity index (χ1v) is 12.0. The normalized spacial score (nSPS) is 32.9. The maximum atomic E-state index is 12.5. The van der Waals surface area contributed by atoms with Gasteiger partial charge in [-0.15, -0.1) is 0 Å². The quantitative estimate of drug-likeness (QED) is 0.471. The first-order valence-electron chi connectivity index (χ1n) is 12.0. The molecule has 3 fully saturated rings. The molecule has 5 atom stereocenters. The number of methoxy groups -OCH3 is 1. The molecule has 1 saturated carbocycles. The van der Waals surface area contributed by atoms with Crippen molar-refractivity contribution in [3.8, 4) is 0 Å². The van der Waals surface area contributed by atoms with Crippen LogP contribution in [0.2, 0.25) is 0 Å². The Hall–Kier alpha value is -1.46. The van der Waals surface area contributed by atoms with Gasteiger partial charge in [-0.2, -0.15) is 0 Å². The van der Waals surface area contributed by atoms with E-state index in [-0.39, 0.29) is 42.5 Å². The number of carbonyl (C=O) groups is 2. The molecule has 5 N–H and O–H groups in total. The van der Waals surface area contributed by atoms with Crippen molar-refractivity contribution < 1.29 is 19.1 Å². The highest BCUT2D eigenvalue weighted by Gasteiger charge is 2.38. The van der Waals surface area contributed by atoms with E-state index in [0.717, 1.165) is 32.2 Å². The van der Waals surface area contributed by atoms with Gasteiger partial charge in [-0.05, 0) is 40.0 Å². The highest BCUT2D eigenvalue weighted by molar-refractivity contribution is 5.77. The van der Waals surface area contributed by atoms with E-state index in [2.05, 4.69) is 20.9 Å². The number of amides is 2. The molecule has 0 bridgehead atoms. The van der Waals surface area contributed by atoms with Crippen molar-refractivity contribution in [1.29, 1.82) is 0 Å². The lowest BCUT2D eigenvalue weighted by atomic mass is 9.91. The molecule has 10 nitrogen and oxygen atoms in total. The molecule has 2 aliphatic heterocycles. The van der Waals surface area contributed by atoms with Gasteiger partial charge in [0, 0.05) is 45.9 Å². The van der Waals surface area contributed by atoms with Crippen molar-refractivity contribution in [1.82, 2.24) is 25.8 Å². The summed E-state index contributed by atoms with van der Waals surface area (Å²) in [5, 5.41) is 10.6. The molecule has 0 spiro atoms. The van der Waals surface area contributed by atoms with Crippen LogP contribution >= 0.6 is 0 Å². The molecule has 0 aromatic heterocycles. The fraction of sp³-hybridized carbons (Fsp3) is 0.909. The molecule has 184 valence electrons. The molecule has 2 heterocycles. The largest absolute Gasteiger partial charge is 0.444 e. The van der Waals surface area contributed by atoms with Crippen LogP contribution in [-0.2, 0) is 14.3 Å². The molecule has 10 heteroatoms. The number of hydrogen-bond acceptors (Lipinski definition) is 8. The topological polar surface area (TPSA) is 121 Å². The second-order valence-corrected chi connectivity index (χ2v) is 10.2. The molecule has 2 saturated heterocycles.